The summed E-state index contributed by atoms with van der Waals surface area (Å²) in [6.45, 7) is 4.05. The molecule has 1 fully saturated rings. The van der Waals surface area contributed by atoms with Crippen molar-refractivity contribution < 1.29 is 4.74 Å². The van der Waals surface area contributed by atoms with Crippen molar-refractivity contribution in [3.05, 3.63) is 11.9 Å². The zero-order chi connectivity index (χ0) is 15.1. The maximum Gasteiger partial charge on any atom is 0.221 e. The summed E-state index contributed by atoms with van der Waals surface area (Å²) in [5.41, 5.74) is 0.973. The van der Waals surface area contributed by atoms with Crippen molar-refractivity contribution in [3.63, 3.8) is 0 Å². The van der Waals surface area contributed by atoms with Gasteiger partial charge in [0.25, 0.3) is 0 Å². The number of nitrogens with zero attached hydrogens (tertiary/aromatic N) is 3. The van der Waals surface area contributed by atoms with E-state index in [1.807, 2.05) is 6.92 Å². The molecule has 1 heterocycles. The van der Waals surface area contributed by atoms with E-state index in [1.165, 1.54) is 32.1 Å². The molecule has 0 aliphatic heterocycles. The summed E-state index contributed by atoms with van der Waals surface area (Å²) in [6.07, 6.45) is 9.61. The molecule has 0 radical (unpaired) electrons. The van der Waals surface area contributed by atoms with Crippen LogP contribution in [-0.2, 0) is 0 Å². The molecule has 1 aliphatic rings. The Kier molecular flexibility index (Phi) is 6.23. The highest BCUT2D eigenvalue weighted by molar-refractivity contribution is 5.47. The first-order valence-electron chi connectivity index (χ1n) is 8.02. The predicted octanol–water partition coefficient (Wildman–Crippen LogP) is 2.86. The van der Waals surface area contributed by atoms with Crippen LogP contribution in [0.5, 0.6) is 5.88 Å². The van der Waals surface area contributed by atoms with Crippen molar-refractivity contribution in [2.45, 2.75) is 51.5 Å². The molecule has 5 heteroatoms. The third-order valence-corrected chi connectivity index (χ3v) is 4.41. The second kappa shape index (κ2) is 8.17. The SMILES string of the molecule is COc1ncnc(NCCCN(C)C2CCCCC2)c1C. The summed E-state index contributed by atoms with van der Waals surface area (Å²) in [5, 5.41) is 3.39. The number of anilines is 1. The lowest BCUT2D eigenvalue weighted by atomic mass is 9.94. The smallest absolute Gasteiger partial charge is 0.221 e. The van der Waals surface area contributed by atoms with Gasteiger partial charge in [0.1, 0.15) is 12.1 Å². The van der Waals surface area contributed by atoms with Crippen LogP contribution in [0.2, 0.25) is 0 Å². The Labute approximate surface area is 128 Å². The standard InChI is InChI=1S/C16H28N4O/c1-13-15(18-12-19-16(13)21-3)17-10-7-11-20(2)14-8-5-4-6-9-14/h12,14H,4-11H2,1-3H3,(H,17,18,19). The molecule has 0 bridgehead atoms. The number of nitrogens with one attached hydrogen (secondary N) is 1. The molecule has 0 saturated heterocycles. The van der Waals surface area contributed by atoms with Crippen LogP contribution < -0.4 is 10.1 Å². The number of ether oxygens (including phenoxy) is 1. The molecule has 5 nitrogen and oxygen atoms in total. The van der Waals surface area contributed by atoms with Gasteiger partial charge in [-0.2, -0.15) is 0 Å². The van der Waals surface area contributed by atoms with E-state index in [2.05, 4.69) is 27.2 Å². The average molecular weight is 292 g/mol. The van der Waals surface area contributed by atoms with Gasteiger partial charge in [-0.25, -0.2) is 9.97 Å². The molecule has 0 unspecified atom stereocenters. The number of methoxy groups -OCH3 is 1. The molecule has 0 spiro atoms. The highest BCUT2D eigenvalue weighted by Crippen LogP contribution is 2.22. The fourth-order valence-corrected chi connectivity index (χ4v) is 3.06. The second-order valence-electron chi connectivity index (χ2n) is 5.91. The minimum Gasteiger partial charge on any atom is -0.481 e. The first-order chi connectivity index (χ1) is 10.2. The van der Waals surface area contributed by atoms with Crippen LogP contribution >= 0.6 is 0 Å². The summed E-state index contributed by atoms with van der Waals surface area (Å²) in [6, 6.07) is 0.791. The van der Waals surface area contributed by atoms with Crippen LogP contribution in [-0.4, -0.2) is 48.2 Å². The van der Waals surface area contributed by atoms with Gasteiger partial charge in [-0.15, -0.1) is 0 Å². The number of hydrogen-bond acceptors (Lipinski definition) is 5. The Morgan fingerprint density at radius 3 is 2.76 bits per heavy atom. The summed E-state index contributed by atoms with van der Waals surface area (Å²) in [5.74, 6) is 1.52. The van der Waals surface area contributed by atoms with Gasteiger partial charge < -0.3 is 15.0 Å². The molecule has 1 saturated carbocycles. The Morgan fingerprint density at radius 2 is 2.05 bits per heavy atom. The maximum absolute atomic E-state index is 5.21. The lowest BCUT2D eigenvalue weighted by Crippen LogP contribution is -2.34. The quantitative estimate of drug-likeness (QED) is 0.783. The first-order valence-corrected chi connectivity index (χ1v) is 8.02. The molecule has 118 valence electrons. The Balaban J connectivity index is 1.72. The highest BCUT2D eigenvalue weighted by atomic mass is 16.5. The fraction of sp³-hybridized carbons (Fsp3) is 0.750. The zero-order valence-electron chi connectivity index (χ0n) is 13.6. The zero-order valence-corrected chi connectivity index (χ0v) is 13.6. The van der Waals surface area contributed by atoms with Gasteiger partial charge in [-0.05, 0) is 39.8 Å². The van der Waals surface area contributed by atoms with Crippen molar-refractivity contribution in [2.24, 2.45) is 0 Å². The highest BCUT2D eigenvalue weighted by Gasteiger charge is 2.17. The van der Waals surface area contributed by atoms with Gasteiger partial charge in [0, 0.05) is 12.6 Å². The van der Waals surface area contributed by atoms with E-state index < -0.39 is 0 Å². The number of aromatic nitrogens is 2. The van der Waals surface area contributed by atoms with Crippen molar-refractivity contribution in [3.8, 4) is 5.88 Å². The summed E-state index contributed by atoms with van der Waals surface area (Å²) in [7, 11) is 3.90. The lowest BCUT2D eigenvalue weighted by Gasteiger charge is -2.31. The molecule has 21 heavy (non-hydrogen) atoms. The van der Waals surface area contributed by atoms with Crippen LogP contribution in [0.3, 0.4) is 0 Å². The van der Waals surface area contributed by atoms with Gasteiger partial charge >= 0.3 is 0 Å². The summed E-state index contributed by atoms with van der Waals surface area (Å²) in [4.78, 5) is 10.9. The van der Waals surface area contributed by atoms with E-state index in [9.17, 15) is 0 Å². The Hall–Kier alpha value is -1.36. The summed E-state index contributed by atoms with van der Waals surface area (Å²) < 4.78 is 5.21. The minimum absolute atomic E-state index is 0.645. The van der Waals surface area contributed by atoms with Crippen molar-refractivity contribution in [2.75, 3.05) is 32.6 Å². The molecule has 1 aromatic rings. The molecule has 0 atom stereocenters. The van der Waals surface area contributed by atoms with Crippen molar-refractivity contribution in [1.29, 1.82) is 0 Å². The first kappa shape index (κ1) is 16.0. The maximum atomic E-state index is 5.21. The van der Waals surface area contributed by atoms with Crippen LogP contribution in [0.4, 0.5) is 5.82 Å². The molecule has 0 aromatic carbocycles. The van der Waals surface area contributed by atoms with Crippen LogP contribution in [0, 0.1) is 6.92 Å². The van der Waals surface area contributed by atoms with E-state index in [1.54, 1.807) is 13.4 Å². The largest absolute Gasteiger partial charge is 0.481 e. The molecular weight excluding hydrogens is 264 g/mol. The number of rotatable bonds is 7. The van der Waals surface area contributed by atoms with E-state index in [0.29, 0.717) is 5.88 Å². The molecule has 2 rings (SSSR count). The Morgan fingerprint density at radius 1 is 1.29 bits per heavy atom. The lowest BCUT2D eigenvalue weighted by molar-refractivity contribution is 0.191. The van der Waals surface area contributed by atoms with E-state index in [-0.39, 0.29) is 0 Å². The fourth-order valence-electron chi connectivity index (χ4n) is 3.06. The third-order valence-electron chi connectivity index (χ3n) is 4.41. The van der Waals surface area contributed by atoms with Gasteiger partial charge in [-0.1, -0.05) is 19.3 Å². The molecule has 1 aromatic heterocycles. The third kappa shape index (κ3) is 4.56. The predicted molar refractivity (Wildman–Crippen MR) is 85.9 cm³/mol. The van der Waals surface area contributed by atoms with Crippen molar-refractivity contribution in [1.82, 2.24) is 14.9 Å². The van der Waals surface area contributed by atoms with Crippen LogP contribution in [0.25, 0.3) is 0 Å². The molecule has 0 amide bonds. The Bertz CT molecular complexity index is 432. The average Bonchev–Trinajstić information content (AvgIpc) is 2.53. The molecule has 1 N–H and O–H groups in total. The monoisotopic (exact) mass is 292 g/mol. The minimum atomic E-state index is 0.645. The van der Waals surface area contributed by atoms with E-state index >= 15 is 0 Å². The normalized spacial score (nSPS) is 16.2. The van der Waals surface area contributed by atoms with Crippen LogP contribution in [0.15, 0.2) is 6.33 Å². The van der Waals surface area contributed by atoms with Gasteiger partial charge in [-0.3, -0.25) is 0 Å². The molecule has 1 aliphatic carbocycles. The van der Waals surface area contributed by atoms with Crippen LogP contribution in [0.1, 0.15) is 44.1 Å². The van der Waals surface area contributed by atoms with Gasteiger partial charge in [0.15, 0.2) is 0 Å². The topological polar surface area (TPSA) is 50.3 Å². The molecular formula is C16H28N4O. The van der Waals surface area contributed by atoms with Crippen molar-refractivity contribution >= 4 is 5.82 Å². The summed E-state index contributed by atoms with van der Waals surface area (Å²) >= 11 is 0. The second-order valence-corrected chi connectivity index (χ2v) is 5.91. The number of hydrogen-bond donors (Lipinski definition) is 1. The van der Waals surface area contributed by atoms with E-state index in [0.717, 1.165) is 36.9 Å². The van der Waals surface area contributed by atoms with Gasteiger partial charge in [0.2, 0.25) is 5.88 Å². The van der Waals surface area contributed by atoms with Gasteiger partial charge in [0.05, 0.1) is 12.7 Å². The van der Waals surface area contributed by atoms with E-state index in [4.69, 9.17) is 4.74 Å².